The SMILES string of the molecule is CCCCOc1ccc(C2=CC3=C4CCCC4=C4C=C(c5ccc(OCCCN)cc5)S[C@@]4(C)[C@]3(C)S2)cc1. The second kappa shape index (κ2) is 10.9. The molecule has 2 aromatic rings. The summed E-state index contributed by atoms with van der Waals surface area (Å²) in [7, 11) is 0. The Morgan fingerprint density at radius 1 is 0.718 bits per heavy atom. The number of hydrogen-bond acceptors (Lipinski definition) is 5. The number of allylic oxidation sites excluding steroid dienone is 4. The van der Waals surface area contributed by atoms with Gasteiger partial charge in [-0.05, 0) is 122 Å². The maximum absolute atomic E-state index is 5.93. The minimum Gasteiger partial charge on any atom is -0.494 e. The molecule has 0 spiro atoms. The molecule has 2 aliphatic heterocycles. The third-order valence-electron chi connectivity index (χ3n) is 8.65. The number of fused-ring (bicyclic) bond motifs is 4. The van der Waals surface area contributed by atoms with Crippen molar-refractivity contribution in [3.8, 4) is 11.5 Å². The molecule has 6 rings (SSSR count). The van der Waals surface area contributed by atoms with Crippen molar-refractivity contribution >= 4 is 33.3 Å². The summed E-state index contributed by atoms with van der Waals surface area (Å²) >= 11 is 4.11. The highest BCUT2D eigenvalue weighted by atomic mass is 32.2. The molecule has 0 saturated heterocycles. The molecule has 3 nitrogen and oxygen atoms in total. The van der Waals surface area contributed by atoms with Crippen LogP contribution < -0.4 is 15.2 Å². The van der Waals surface area contributed by atoms with E-state index in [0.717, 1.165) is 37.4 Å². The van der Waals surface area contributed by atoms with Crippen LogP contribution in [0.4, 0.5) is 0 Å². The summed E-state index contributed by atoms with van der Waals surface area (Å²) in [5, 5.41) is 0. The Hall–Kier alpha value is -2.34. The summed E-state index contributed by atoms with van der Waals surface area (Å²) in [6.45, 7) is 9.27. The number of unbranched alkanes of at least 4 members (excludes halogenated alkanes) is 1. The van der Waals surface area contributed by atoms with Crippen molar-refractivity contribution in [1.29, 1.82) is 0 Å². The highest BCUT2D eigenvalue weighted by Gasteiger charge is 2.59. The van der Waals surface area contributed by atoms with Crippen LogP contribution in [-0.2, 0) is 0 Å². The smallest absolute Gasteiger partial charge is 0.119 e. The van der Waals surface area contributed by atoms with E-state index in [1.165, 1.54) is 40.2 Å². The van der Waals surface area contributed by atoms with E-state index >= 15 is 0 Å². The topological polar surface area (TPSA) is 44.5 Å². The summed E-state index contributed by atoms with van der Waals surface area (Å²) in [5.41, 5.74) is 14.5. The van der Waals surface area contributed by atoms with Crippen molar-refractivity contribution in [2.75, 3.05) is 19.8 Å². The van der Waals surface area contributed by atoms with Crippen molar-refractivity contribution in [2.45, 2.75) is 68.8 Å². The van der Waals surface area contributed by atoms with Gasteiger partial charge in [-0.25, -0.2) is 0 Å². The number of ether oxygens (including phenoxy) is 2. The van der Waals surface area contributed by atoms with E-state index in [1.54, 1.807) is 22.3 Å². The first-order valence-corrected chi connectivity index (χ1v) is 16.1. The Morgan fingerprint density at radius 2 is 1.18 bits per heavy atom. The van der Waals surface area contributed by atoms with Crippen LogP contribution in [-0.4, -0.2) is 29.3 Å². The monoisotopic (exact) mass is 557 g/mol. The quantitative estimate of drug-likeness (QED) is 0.296. The van der Waals surface area contributed by atoms with Gasteiger partial charge in [0, 0.05) is 9.81 Å². The molecule has 5 heteroatoms. The van der Waals surface area contributed by atoms with Gasteiger partial charge in [0.05, 0.1) is 22.7 Å². The van der Waals surface area contributed by atoms with Crippen LogP contribution in [0.1, 0.15) is 70.4 Å². The van der Waals surface area contributed by atoms with Crippen molar-refractivity contribution in [3.63, 3.8) is 0 Å². The average molecular weight is 558 g/mol. The van der Waals surface area contributed by atoms with Gasteiger partial charge in [-0.1, -0.05) is 37.6 Å². The van der Waals surface area contributed by atoms with Crippen molar-refractivity contribution in [1.82, 2.24) is 0 Å². The maximum Gasteiger partial charge on any atom is 0.119 e. The molecule has 204 valence electrons. The van der Waals surface area contributed by atoms with Gasteiger partial charge in [0.15, 0.2) is 0 Å². The minimum atomic E-state index is -0.0245. The average Bonchev–Trinajstić information content (AvgIpc) is 3.66. The molecule has 0 bridgehead atoms. The van der Waals surface area contributed by atoms with Crippen LogP contribution >= 0.6 is 23.5 Å². The molecule has 1 fully saturated rings. The first-order chi connectivity index (χ1) is 19.0. The van der Waals surface area contributed by atoms with Gasteiger partial charge in [0.2, 0.25) is 0 Å². The van der Waals surface area contributed by atoms with Crippen LogP contribution in [0.25, 0.3) is 9.81 Å². The number of rotatable bonds is 10. The molecular formula is C34H39NO2S2. The number of nitrogens with two attached hydrogens (primary N) is 1. The third kappa shape index (κ3) is 4.71. The maximum atomic E-state index is 5.93. The van der Waals surface area contributed by atoms with Crippen LogP contribution in [0.15, 0.2) is 83.0 Å². The number of benzene rings is 2. The van der Waals surface area contributed by atoms with Crippen molar-refractivity contribution in [3.05, 3.63) is 94.1 Å². The molecule has 4 aliphatic rings. The minimum absolute atomic E-state index is 0.0225. The molecule has 0 aromatic heterocycles. The zero-order valence-corrected chi connectivity index (χ0v) is 25.0. The van der Waals surface area contributed by atoms with Gasteiger partial charge in [-0.15, -0.1) is 23.5 Å². The lowest BCUT2D eigenvalue weighted by atomic mass is 9.72. The van der Waals surface area contributed by atoms with Gasteiger partial charge >= 0.3 is 0 Å². The molecule has 0 radical (unpaired) electrons. The summed E-state index contributed by atoms with van der Waals surface area (Å²) in [6, 6.07) is 17.4. The number of hydrogen-bond donors (Lipinski definition) is 1. The summed E-state index contributed by atoms with van der Waals surface area (Å²) in [6.07, 6.45) is 11.8. The van der Waals surface area contributed by atoms with E-state index < -0.39 is 0 Å². The molecule has 2 aromatic carbocycles. The van der Waals surface area contributed by atoms with E-state index in [2.05, 4.69) is 93.2 Å². The van der Waals surface area contributed by atoms with E-state index in [-0.39, 0.29) is 9.49 Å². The molecule has 2 aliphatic carbocycles. The fraction of sp³-hybridized carbons (Fsp3) is 0.412. The molecule has 2 atom stereocenters. The van der Waals surface area contributed by atoms with E-state index in [4.69, 9.17) is 15.2 Å². The zero-order valence-electron chi connectivity index (χ0n) is 23.3. The van der Waals surface area contributed by atoms with E-state index in [9.17, 15) is 0 Å². The molecule has 2 N–H and O–H groups in total. The highest BCUT2D eigenvalue weighted by Crippen LogP contribution is 2.70. The zero-order chi connectivity index (χ0) is 27.0. The van der Waals surface area contributed by atoms with Gasteiger partial charge < -0.3 is 15.2 Å². The lowest BCUT2D eigenvalue weighted by molar-refractivity contribution is 0.309. The second-order valence-electron chi connectivity index (χ2n) is 11.2. The first-order valence-electron chi connectivity index (χ1n) is 14.4. The predicted octanol–water partition coefficient (Wildman–Crippen LogP) is 8.78. The van der Waals surface area contributed by atoms with Gasteiger partial charge in [0.25, 0.3) is 0 Å². The predicted molar refractivity (Wildman–Crippen MR) is 168 cm³/mol. The van der Waals surface area contributed by atoms with Gasteiger partial charge in [0.1, 0.15) is 11.5 Å². The second-order valence-corrected chi connectivity index (χ2v) is 14.1. The Kier molecular flexibility index (Phi) is 7.51. The summed E-state index contributed by atoms with van der Waals surface area (Å²) in [5.74, 6) is 1.88. The third-order valence-corrected chi connectivity index (χ3v) is 12.0. The van der Waals surface area contributed by atoms with Gasteiger partial charge in [-0.2, -0.15) is 0 Å². The molecule has 39 heavy (non-hydrogen) atoms. The van der Waals surface area contributed by atoms with Gasteiger partial charge in [-0.3, -0.25) is 0 Å². The highest BCUT2D eigenvalue weighted by molar-refractivity contribution is 8.14. The Labute approximate surface area is 242 Å². The van der Waals surface area contributed by atoms with Crippen LogP contribution in [0, 0.1) is 0 Å². The Morgan fingerprint density at radius 3 is 1.62 bits per heavy atom. The van der Waals surface area contributed by atoms with Crippen LogP contribution in [0.2, 0.25) is 0 Å². The van der Waals surface area contributed by atoms with Crippen LogP contribution in [0.5, 0.6) is 11.5 Å². The Bertz CT molecular complexity index is 1260. The first kappa shape index (κ1) is 26.9. The molecule has 0 amide bonds. The molecular weight excluding hydrogens is 519 g/mol. The molecule has 0 unspecified atom stereocenters. The van der Waals surface area contributed by atoms with Crippen LogP contribution in [0.3, 0.4) is 0 Å². The van der Waals surface area contributed by atoms with Crippen molar-refractivity contribution in [2.24, 2.45) is 5.73 Å². The molecule has 1 saturated carbocycles. The lowest BCUT2D eigenvalue weighted by Gasteiger charge is -2.47. The fourth-order valence-corrected chi connectivity index (χ4v) is 9.45. The van der Waals surface area contributed by atoms with E-state index in [1.807, 2.05) is 11.8 Å². The largest absolute Gasteiger partial charge is 0.494 e. The van der Waals surface area contributed by atoms with E-state index in [0.29, 0.717) is 13.2 Å². The van der Waals surface area contributed by atoms with Crippen molar-refractivity contribution < 1.29 is 9.47 Å². The molecule has 2 heterocycles. The standard InChI is InChI=1S/C34H39NO2S2/c1-4-5-19-36-25-14-10-23(11-15-25)31-21-29-27-8-6-9-28(27)30-22-32(39-34(30,3)33(29,2)38-31)24-12-16-26(17-13-24)37-20-7-18-35/h10-17,21-22H,4-9,18-20,35H2,1-3H3/t33-,34-/m1/s1. The number of thioether (sulfide) groups is 2. The lowest BCUT2D eigenvalue weighted by Crippen LogP contribution is -2.47. The fourth-order valence-electron chi connectivity index (χ4n) is 6.27. The normalized spacial score (nSPS) is 25.3. The Balaban J connectivity index is 1.28. The summed E-state index contributed by atoms with van der Waals surface area (Å²) < 4.78 is 11.7. The summed E-state index contributed by atoms with van der Waals surface area (Å²) in [4.78, 5) is 2.74.